The summed E-state index contributed by atoms with van der Waals surface area (Å²) in [6.45, 7) is 0. The average molecular weight is 313 g/mol. The molecule has 102 valence electrons. The van der Waals surface area contributed by atoms with Gasteiger partial charge in [0.1, 0.15) is 11.6 Å². The number of hydrogen-bond acceptors (Lipinski definition) is 3. The van der Waals surface area contributed by atoms with Crippen molar-refractivity contribution in [2.75, 3.05) is 0 Å². The van der Waals surface area contributed by atoms with Gasteiger partial charge in [-0.05, 0) is 40.6 Å². The zero-order chi connectivity index (χ0) is 14.8. The number of carbonyl (C=O) groups is 1. The van der Waals surface area contributed by atoms with Crippen molar-refractivity contribution in [3.05, 3.63) is 62.9 Å². The van der Waals surface area contributed by atoms with Crippen molar-refractivity contribution < 1.29 is 4.79 Å². The van der Waals surface area contributed by atoms with Gasteiger partial charge in [-0.2, -0.15) is 16.6 Å². The number of ketones is 1. The van der Waals surface area contributed by atoms with Gasteiger partial charge in [0.25, 0.3) is 0 Å². The fourth-order valence-corrected chi connectivity index (χ4v) is 2.89. The van der Waals surface area contributed by atoms with E-state index >= 15 is 0 Å². The molecule has 0 radical (unpaired) electrons. The zero-order valence-corrected chi connectivity index (χ0v) is 12.3. The van der Waals surface area contributed by atoms with Gasteiger partial charge in [0.15, 0.2) is 0 Å². The van der Waals surface area contributed by atoms with Crippen LogP contribution in [0.4, 0.5) is 0 Å². The number of rotatable bonds is 3. The van der Waals surface area contributed by atoms with Crippen molar-refractivity contribution in [2.45, 2.75) is 0 Å². The number of carbonyl (C=O) groups excluding carboxylic acids is 1. The van der Waals surface area contributed by atoms with Crippen LogP contribution in [0.15, 0.2) is 46.8 Å². The molecule has 2 aromatic heterocycles. The summed E-state index contributed by atoms with van der Waals surface area (Å²) in [4.78, 5) is 15.5. The van der Waals surface area contributed by atoms with Crippen LogP contribution in [0.2, 0.25) is 5.02 Å². The summed E-state index contributed by atoms with van der Waals surface area (Å²) in [5.74, 6) is -0.294. The second kappa shape index (κ2) is 5.57. The molecule has 0 aliphatic rings. The molecular formula is C16H9ClN2OS. The van der Waals surface area contributed by atoms with E-state index in [1.165, 1.54) is 11.3 Å². The minimum absolute atomic E-state index is 0.115. The van der Waals surface area contributed by atoms with Crippen LogP contribution in [0.5, 0.6) is 0 Å². The minimum atomic E-state index is -0.294. The number of nitrogens with one attached hydrogen (secondary N) is 1. The zero-order valence-electron chi connectivity index (χ0n) is 10.8. The van der Waals surface area contributed by atoms with Crippen LogP contribution in [0.1, 0.15) is 15.9 Å². The molecule has 0 saturated carbocycles. The number of nitrogens with zero attached hydrogens (tertiary/aromatic N) is 1. The molecule has 3 rings (SSSR count). The van der Waals surface area contributed by atoms with Crippen molar-refractivity contribution in [3.8, 4) is 6.07 Å². The Hall–Kier alpha value is -2.35. The third-order valence-corrected chi connectivity index (χ3v) is 4.04. The van der Waals surface area contributed by atoms with E-state index in [1.54, 1.807) is 30.5 Å². The van der Waals surface area contributed by atoms with E-state index < -0.39 is 0 Å². The van der Waals surface area contributed by atoms with Crippen molar-refractivity contribution in [2.24, 2.45) is 0 Å². The van der Waals surface area contributed by atoms with E-state index in [9.17, 15) is 10.1 Å². The molecule has 21 heavy (non-hydrogen) atoms. The summed E-state index contributed by atoms with van der Waals surface area (Å²) < 4.78 is 0. The molecule has 0 aliphatic heterocycles. The number of allylic oxidation sites excluding steroid dienone is 1. The van der Waals surface area contributed by atoms with Crippen molar-refractivity contribution in [1.29, 1.82) is 5.26 Å². The highest BCUT2D eigenvalue weighted by molar-refractivity contribution is 7.08. The van der Waals surface area contributed by atoms with Gasteiger partial charge in [0.05, 0.1) is 0 Å². The van der Waals surface area contributed by atoms with Crippen molar-refractivity contribution in [1.82, 2.24) is 4.98 Å². The second-order valence-corrected chi connectivity index (χ2v) is 5.66. The first kappa shape index (κ1) is 13.6. The van der Waals surface area contributed by atoms with Gasteiger partial charge in [0, 0.05) is 27.7 Å². The van der Waals surface area contributed by atoms with Gasteiger partial charge in [0.2, 0.25) is 5.78 Å². The number of hydrogen-bond donors (Lipinski definition) is 1. The predicted molar refractivity (Wildman–Crippen MR) is 85.5 cm³/mol. The van der Waals surface area contributed by atoms with E-state index in [2.05, 4.69) is 4.98 Å². The lowest BCUT2D eigenvalue weighted by Gasteiger charge is -1.98. The average Bonchev–Trinajstić information content (AvgIpc) is 3.12. The lowest BCUT2D eigenvalue weighted by atomic mass is 10.0. The Balaban J connectivity index is 2.06. The van der Waals surface area contributed by atoms with Crippen LogP contribution in [0.25, 0.3) is 17.0 Å². The number of thiophene rings is 1. The molecule has 0 bridgehead atoms. The molecule has 2 heterocycles. The molecule has 1 N–H and O–H groups in total. The van der Waals surface area contributed by atoms with Crippen molar-refractivity contribution >= 4 is 45.7 Å². The van der Waals surface area contributed by atoms with Gasteiger partial charge in [-0.15, -0.1) is 0 Å². The van der Waals surface area contributed by atoms with E-state index in [0.29, 0.717) is 10.6 Å². The first-order valence-electron chi connectivity index (χ1n) is 6.14. The molecule has 0 atom stereocenters. The second-order valence-electron chi connectivity index (χ2n) is 4.45. The van der Waals surface area contributed by atoms with E-state index in [0.717, 1.165) is 16.5 Å². The fraction of sp³-hybridized carbons (Fsp3) is 0. The van der Waals surface area contributed by atoms with E-state index in [1.807, 2.05) is 22.9 Å². The summed E-state index contributed by atoms with van der Waals surface area (Å²) in [6, 6.07) is 9.10. The van der Waals surface area contributed by atoms with Crippen LogP contribution in [-0.4, -0.2) is 10.8 Å². The molecule has 0 aliphatic carbocycles. The van der Waals surface area contributed by atoms with Gasteiger partial charge >= 0.3 is 0 Å². The van der Waals surface area contributed by atoms with Gasteiger partial charge in [-0.25, -0.2) is 0 Å². The molecule has 0 spiro atoms. The number of fused-ring (bicyclic) bond motifs is 1. The molecule has 3 aromatic rings. The van der Waals surface area contributed by atoms with Crippen molar-refractivity contribution in [3.63, 3.8) is 0 Å². The number of halogens is 1. The summed E-state index contributed by atoms with van der Waals surface area (Å²) in [6.07, 6.45) is 3.22. The summed E-state index contributed by atoms with van der Waals surface area (Å²) in [5.41, 5.74) is 2.22. The molecule has 5 heteroatoms. The molecule has 0 amide bonds. The molecular weight excluding hydrogens is 304 g/mol. The number of aromatic amines is 1. The maximum absolute atomic E-state index is 12.5. The van der Waals surface area contributed by atoms with Gasteiger partial charge < -0.3 is 4.98 Å². The molecule has 1 aromatic carbocycles. The lowest BCUT2D eigenvalue weighted by Crippen LogP contribution is -2.00. The number of aromatic nitrogens is 1. The van der Waals surface area contributed by atoms with Crippen LogP contribution in [0, 0.1) is 11.3 Å². The summed E-state index contributed by atoms with van der Waals surface area (Å²) in [7, 11) is 0. The fourth-order valence-electron chi connectivity index (χ4n) is 2.10. The Kier molecular flexibility index (Phi) is 3.61. The number of nitriles is 1. The number of Topliss-reactive ketones (excluding diaryl/α,β-unsaturated/α-hetero) is 1. The summed E-state index contributed by atoms with van der Waals surface area (Å²) >= 11 is 7.44. The Labute approximate surface area is 130 Å². The molecule has 0 fully saturated rings. The summed E-state index contributed by atoms with van der Waals surface area (Å²) in [5, 5.41) is 14.4. The third-order valence-electron chi connectivity index (χ3n) is 3.11. The largest absolute Gasteiger partial charge is 0.360 e. The third kappa shape index (κ3) is 2.62. The highest BCUT2D eigenvalue weighted by atomic mass is 35.5. The van der Waals surface area contributed by atoms with Crippen LogP contribution >= 0.6 is 22.9 Å². The van der Waals surface area contributed by atoms with Crippen LogP contribution in [-0.2, 0) is 0 Å². The van der Waals surface area contributed by atoms with E-state index in [4.69, 9.17) is 11.6 Å². The van der Waals surface area contributed by atoms with E-state index in [-0.39, 0.29) is 11.4 Å². The maximum atomic E-state index is 12.5. The molecule has 0 unspecified atom stereocenters. The molecule has 0 saturated heterocycles. The first-order valence-corrected chi connectivity index (χ1v) is 7.46. The lowest BCUT2D eigenvalue weighted by molar-refractivity contribution is 0.104. The Morgan fingerprint density at radius 1 is 1.38 bits per heavy atom. The first-order chi connectivity index (χ1) is 10.2. The Morgan fingerprint density at radius 3 is 2.95 bits per heavy atom. The number of benzene rings is 1. The van der Waals surface area contributed by atoms with Gasteiger partial charge in [-0.3, -0.25) is 4.79 Å². The van der Waals surface area contributed by atoms with Crippen LogP contribution < -0.4 is 0 Å². The molecule has 3 nitrogen and oxygen atoms in total. The standard InChI is InChI=1S/C16H9ClN2OS/c17-12-1-2-13-14(8-19-15(13)6-12)16(20)11(7-18)5-10-3-4-21-9-10/h1-6,8-9,19H/b11-5-. The highest BCUT2D eigenvalue weighted by Crippen LogP contribution is 2.24. The maximum Gasteiger partial charge on any atom is 0.205 e. The Morgan fingerprint density at radius 2 is 2.24 bits per heavy atom. The van der Waals surface area contributed by atoms with Gasteiger partial charge in [-0.1, -0.05) is 17.7 Å². The monoisotopic (exact) mass is 312 g/mol. The van der Waals surface area contributed by atoms with Crippen LogP contribution in [0.3, 0.4) is 0 Å². The normalized spacial score (nSPS) is 11.5. The minimum Gasteiger partial charge on any atom is -0.360 e. The quantitative estimate of drug-likeness (QED) is 0.434. The SMILES string of the molecule is N#C/C(=C/c1ccsc1)C(=O)c1c[nH]c2cc(Cl)ccc12. The number of H-pyrrole nitrogens is 1. The smallest absolute Gasteiger partial charge is 0.205 e. The highest BCUT2D eigenvalue weighted by Gasteiger charge is 2.16. The Bertz CT molecular complexity index is 885. The topological polar surface area (TPSA) is 56.6 Å². The predicted octanol–water partition coefficient (Wildman–Crippen LogP) is 4.67.